The van der Waals surface area contributed by atoms with Gasteiger partial charge in [-0.1, -0.05) is 25.7 Å². The fraction of sp³-hybridized carbons (Fsp3) is 0.742. The van der Waals surface area contributed by atoms with Crippen molar-refractivity contribution in [3.8, 4) is 0 Å². The highest BCUT2D eigenvalue weighted by Gasteiger charge is 2.49. The molecule has 2 rings (SSSR count). The van der Waals surface area contributed by atoms with E-state index in [1.807, 2.05) is 32.0 Å². The minimum absolute atomic E-state index is 0.0626. The van der Waals surface area contributed by atoms with Gasteiger partial charge in [0.25, 0.3) is 0 Å². The van der Waals surface area contributed by atoms with Gasteiger partial charge in [-0.05, 0) is 72.2 Å². The maximum atomic E-state index is 13.7. The highest BCUT2D eigenvalue weighted by atomic mass is 28.3. The lowest BCUT2D eigenvalue weighted by Crippen LogP contribution is -2.45. The third-order valence-electron chi connectivity index (χ3n) is 6.85. The van der Waals surface area contributed by atoms with Crippen LogP contribution in [0.1, 0.15) is 71.9 Å². The maximum Gasteiger partial charge on any atom is 0.416 e. The fourth-order valence-electron chi connectivity index (χ4n) is 4.14. The normalized spacial score (nSPS) is 14.9. The SMILES string of the molecule is COCC(NCC(C)(C)N)c1ccc2nc([C@H](COC(C)(C)C(F)(F)F)NC(=O)OC(C)(C)C)n(COCC[Si](C)(C)C)c2c1. The monoisotopic (exact) mass is 661 g/mol. The Morgan fingerprint density at radius 3 is 2.22 bits per heavy atom. The van der Waals surface area contributed by atoms with Crippen molar-refractivity contribution in [3.05, 3.63) is 29.6 Å². The first-order chi connectivity index (χ1) is 20.4. The molecule has 0 aliphatic heterocycles. The lowest BCUT2D eigenvalue weighted by atomic mass is 10.0. The summed E-state index contributed by atoms with van der Waals surface area (Å²) in [6.45, 7) is 18.5. The van der Waals surface area contributed by atoms with Gasteiger partial charge < -0.3 is 39.9 Å². The van der Waals surface area contributed by atoms with Gasteiger partial charge in [0.1, 0.15) is 24.2 Å². The van der Waals surface area contributed by atoms with E-state index in [1.165, 1.54) is 0 Å². The van der Waals surface area contributed by atoms with Crippen molar-refractivity contribution >= 4 is 25.2 Å². The minimum atomic E-state index is -4.64. The number of benzene rings is 1. The number of fused-ring (bicyclic) bond motifs is 1. The molecule has 1 heterocycles. The molecular weight excluding hydrogens is 607 g/mol. The molecule has 0 bridgehead atoms. The van der Waals surface area contributed by atoms with Crippen LogP contribution in [0.5, 0.6) is 0 Å². The summed E-state index contributed by atoms with van der Waals surface area (Å²) >= 11 is 0. The molecule has 0 aliphatic rings. The number of rotatable bonds is 16. The molecule has 258 valence electrons. The van der Waals surface area contributed by atoms with Crippen LogP contribution < -0.4 is 16.4 Å². The number of nitrogens with zero attached hydrogens (tertiary/aromatic N) is 2. The number of hydrogen-bond acceptors (Lipinski definition) is 8. The van der Waals surface area contributed by atoms with Crippen LogP contribution in [0.2, 0.25) is 25.7 Å². The zero-order valence-corrected chi connectivity index (χ0v) is 29.8. The maximum absolute atomic E-state index is 13.7. The van der Waals surface area contributed by atoms with Gasteiger partial charge in [0.15, 0.2) is 5.60 Å². The van der Waals surface area contributed by atoms with E-state index in [0.717, 1.165) is 25.5 Å². The van der Waals surface area contributed by atoms with Crippen molar-refractivity contribution in [2.45, 2.75) is 116 Å². The van der Waals surface area contributed by atoms with Crippen LogP contribution in [-0.4, -0.2) is 80.1 Å². The number of methoxy groups -OCH3 is 1. The van der Waals surface area contributed by atoms with Gasteiger partial charge in [-0.3, -0.25) is 0 Å². The Kier molecular flexibility index (Phi) is 13.1. The van der Waals surface area contributed by atoms with Gasteiger partial charge in [-0.25, -0.2) is 9.78 Å². The molecule has 1 amide bonds. The van der Waals surface area contributed by atoms with E-state index in [1.54, 1.807) is 32.4 Å². The highest BCUT2D eigenvalue weighted by molar-refractivity contribution is 6.76. The summed E-state index contributed by atoms with van der Waals surface area (Å²) in [4.78, 5) is 17.7. The third-order valence-corrected chi connectivity index (χ3v) is 8.56. The second-order valence-corrected chi connectivity index (χ2v) is 20.5. The molecule has 4 N–H and O–H groups in total. The predicted molar refractivity (Wildman–Crippen MR) is 173 cm³/mol. The first kappa shape index (κ1) is 38.9. The van der Waals surface area contributed by atoms with Gasteiger partial charge in [0, 0.05) is 33.9 Å². The average Bonchev–Trinajstić information content (AvgIpc) is 3.21. The Bertz CT molecular complexity index is 1250. The summed E-state index contributed by atoms with van der Waals surface area (Å²) in [6.07, 6.45) is -5.45. The molecule has 0 radical (unpaired) electrons. The average molecular weight is 662 g/mol. The molecule has 0 spiro atoms. The second-order valence-electron chi connectivity index (χ2n) is 14.9. The summed E-state index contributed by atoms with van der Waals surface area (Å²) in [5, 5.41) is 6.14. The summed E-state index contributed by atoms with van der Waals surface area (Å²) < 4.78 is 65.4. The van der Waals surface area contributed by atoms with Crippen LogP contribution in [0.25, 0.3) is 11.0 Å². The van der Waals surface area contributed by atoms with E-state index in [9.17, 15) is 18.0 Å². The molecule has 0 aliphatic carbocycles. The summed E-state index contributed by atoms with van der Waals surface area (Å²) in [5.74, 6) is 0.276. The number of carbonyl (C=O) groups is 1. The Morgan fingerprint density at radius 2 is 1.69 bits per heavy atom. The minimum Gasteiger partial charge on any atom is -0.444 e. The third kappa shape index (κ3) is 12.8. The zero-order chi connectivity index (χ0) is 34.4. The Labute approximate surface area is 266 Å². The quantitative estimate of drug-likeness (QED) is 0.142. The molecule has 2 atom stereocenters. The van der Waals surface area contributed by atoms with Crippen molar-refractivity contribution < 1.29 is 36.9 Å². The molecule has 10 nitrogen and oxygen atoms in total. The van der Waals surface area contributed by atoms with Crippen LogP contribution >= 0.6 is 0 Å². The van der Waals surface area contributed by atoms with Crippen molar-refractivity contribution in [3.63, 3.8) is 0 Å². The van der Waals surface area contributed by atoms with Gasteiger partial charge in [-0.15, -0.1) is 0 Å². The zero-order valence-electron chi connectivity index (χ0n) is 28.8. The lowest BCUT2D eigenvalue weighted by molar-refractivity contribution is -0.265. The van der Waals surface area contributed by atoms with Crippen molar-refractivity contribution in [1.82, 2.24) is 20.2 Å². The van der Waals surface area contributed by atoms with E-state index >= 15 is 0 Å². The molecule has 14 heteroatoms. The molecule has 1 unspecified atom stereocenters. The standard InChI is InChI=1S/C31H54F3N5O5Si/c1-28(2,3)44-27(40)38-24(18-43-30(6,7)31(32,33)34)26-37-22-13-12-21(23(17-41-8)36-19-29(4,5)35)16-25(22)39(26)20-42-14-15-45(9,10)11/h12-13,16,23-24,36H,14-15,17-20,35H2,1-11H3,(H,38,40)/t23?,24-/m0/s1. The van der Waals surface area contributed by atoms with Crippen LogP contribution in [0, 0.1) is 0 Å². The topological polar surface area (TPSA) is 122 Å². The Morgan fingerprint density at radius 1 is 1.04 bits per heavy atom. The molecule has 1 aromatic heterocycles. The van der Waals surface area contributed by atoms with E-state index in [-0.39, 0.29) is 18.6 Å². The first-order valence-electron chi connectivity index (χ1n) is 15.2. The van der Waals surface area contributed by atoms with Gasteiger partial charge >= 0.3 is 12.3 Å². The van der Waals surface area contributed by atoms with Crippen LogP contribution in [0.15, 0.2) is 18.2 Å². The summed E-state index contributed by atoms with van der Waals surface area (Å²) in [7, 11) is 0.211. The number of imidazole rings is 1. The van der Waals surface area contributed by atoms with E-state index in [2.05, 4.69) is 30.3 Å². The second kappa shape index (κ2) is 15.1. The van der Waals surface area contributed by atoms with Gasteiger partial charge in [-0.2, -0.15) is 13.2 Å². The summed E-state index contributed by atoms with van der Waals surface area (Å²) in [5.41, 5.74) is 4.59. The van der Waals surface area contributed by atoms with Crippen molar-refractivity contribution in [2.75, 3.05) is 33.5 Å². The van der Waals surface area contributed by atoms with E-state index in [4.69, 9.17) is 29.7 Å². The molecule has 1 aromatic carbocycles. The number of hydrogen-bond donors (Lipinski definition) is 3. The van der Waals surface area contributed by atoms with E-state index in [0.29, 0.717) is 30.8 Å². The smallest absolute Gasteiger partial charge is 0.416 e. The number of aromatic nitrogens is 2. The molecule has 45 heavy (non-hydrogen) atoms. The fourth-order valence-corrected chi connectivity index (χ4v) is 4.90. The van der Waals surface area contributed by atoms with Crippen molar-refractivity contribution in [1.29, 1.82) is 0 Å². The molecule has 0 saturated carbocycles. The first-order valence-corrected chi connectivity index (χ1v) is 18.9. The number of alkyl halides is 3. The molecule has 2 aromatic rings. The largest absolute Gasteiger partial charge is 0.444 e. The number of alkyl carbamates (subject to hydrolysis) is 1. The molecule has 0 fully saturated rings. The lowest BCUT2D eigenvalue weighted by Gasteiger charge is -2.30. The van der Waals surface area contributed by atoms with Gasteiger partial charge in [0.05, 0.1) is 30.3 Å². The van der Waals surface area contributed by atoms with Crippen molar-refractivity contribution in [2.24, 2.45) is 5.73 Å². The van der Waals surface area contributed by atoms with Crippen LogP contribution in [-0.2, 0) is 25.7 Å². The van der Waals surface area contributed by atoms with Gasteiger partial charge in [0.2, 0.25) is 0 Å². The Balaban J connectivity index is 2.63. The molecular formula is C31H54F3N5O5Si. The number of halogens is 3. The number of nitrogens with one attached hydrogen (secondary N) is 2. The number of nitrogens with two attached hydrogens (primary N) is 1. The molecule has 0 saturated heterocycles. The number of ether oxygens (including phenoxy) is 4. The Hall–Kier alpha value is -2.23. The highest BCUT2D eigenvalue weighted by Crippen LogP contribution is 2.34. The van der Waals surface area contributed by atoms with E-state index < -0.39 is 49.7 Å². The van der Waals surface area contributed by atoms with Crippen LogP contribution in [0.4, 0.5) is 18.0 Å². The predicted octanol–water partition coefficient (Wildman–Crippen LogP) is 6.29. The summed E-state index contributed by atoms with van der Waals surface area (Å²) in [6, 6.07) is 5.30. The number of carbonyl (C=O) groups excluding carboxylic acids is 1. The number of amides is 1. The van der Waals surface area contributed by atoms with Crippen LogP contribution in [0.3, 0.4) is 0 Å².